The second-order valence-corrected chi connectivity index (χ2v) is 5.29. The van der Waals surface area contributed by atoms with Gasteiger partial charge in [0.05, 0.1) is 12.8 Å². The standard InChI is InChI=1S/C19H18N4O/c1-2-24-14-21-19-17(12-20)13-22-23(19)11-10-16-8-5-7-15-6-3-4-9-18(15)16/h3-9,13-14H,2,10-11H2,1H3/b21-14+. The molecule has 0 fully saturated rings. The van der Waals surface area contributed by atoms with Gasteiger partial charge >= 0.3 is 0 Å². The summed E-state index contributed by atoms with van der Waals surface area (Å²) in [6.45, 7) is 3.07. The van der Waals surface area contributed by atoms with Crippen molar-refractivity contribution >= 4 is 23.0 Å². The highest BCUT2D eigenvalue weighted by Crippen LogP contribution is 2.22. The summed E-state index contributed by atoms with van der Waals surface area (Å²) in [5, 5.41) is 15.9. The van der Waals surface area contributed by atoms with E-state index in [0.717, 1.165) is 6.42 Å². The number of aryl methyl sites for hydroxylation is 2. The van der Waals surface area contributed by atoms with E-state index in [2.05, 4.69) is 46.5 Å². The molecule has 3 rings (SSSR count). The summed E-state index contributed by atoms with van der Waals surface area (Å²) in [5.74, 6) is 0.534. The summed E-state index contributed by atoms with van der Waals surface area (Å²) in [6, 6.07) is 16.7. The number of nitrogens with zero attached hydrogens (tertiary/aromatic N) is 4. The van der Waals surface area contributed by atoms with Crippen LogP contribution < -0.4 is 0 Å². The molecular formula is C19H18N4O. The van der Waals surface area contributed by atoms with Crippen molar-refractivity contribution < 1.29 is 4.74 Å². The van der Waals surface area contributed by atoms with E-state index in [1.807, 2.05) is 19.1 Å². The van der Waals surface area contributed by atoms with E-state index in [9.17, 15) is 5.26 Å². The van der Waals surface area contributed by atoms with Gasteiger partial charge in [-0.2, -0.15) is 15.4 Å². The van der Waals surface area contributed by atoms with Gasteiger partial charge in [0.15, 0.2) is 12.2 Å². The van der Waals surface area contributed by atoms with Crippen molar-refractivity contribution in [1.29, 1.82) is 5.26 Å². The van der Waals surface area contributed by atoms with E-state index < -0.39 is 0 Å². The molecule has 0 unspecified atom stereocenters. The van der Waals surface area contributed by atoms with E-state index in [1.165, 1.54) is 22.7 Å². The number of ether oxygens (including phenoxy) is 1. The van der Waals surface area contributed by atoms with Gasteiger partial charge in [-0.1, -0.05) is 42.5 Å². The number of hydrogen-bond acceptors (Lipinski definition) is 4. The fourth-order valence-electron chi connectivity index (χ4n) is 2.66. The van der Waals surface area contributed by atoms with Gasteiger partial charge in [-0.3, -0.25) is 0 Å². The quantitative estimate of drug-likeness (QED) is 0.512. The molecule has 0 aliphatic carbocycles. The molecule has 0 radical (unpaired) electrons. The molecule has 0 saturated carbocycles. The molecule has 0 bridgehead atoms. The third-order valence-corrected chi connectivity index (χ3v) is 3.82. The lowest BCUT2D eigenvalue weighted by Gasteiger charge is -2.08. The zero-order valence-corrected chi connectivity index (χ0v) is 13.5. The number of hydrogen-bond donors (Lipinski definition) is 0. The Morgan fingerprint density at radius 3 is 2.92 bits per heavy atom. The smallest absolute Gasteiger partial charge is 0.176 e. The number of benzene rings is 2. The topological polar surface area (TPSA) is 63.2 Å². The number of fused-ring (bicyclic) bond motifs is 1. The average Bonchev–Trinajstić information content (AvgIpc) is 3.02. The highest BCUT2D eigenvalue weighted by molar-refractivity contribution is 5.85. The number of aliphatic imine (C=N–C) groups is 1. The van der Waals surface area contributed by atoms with Crippen molar-refractivity contribution in [2.75, 3.05) is 6.61 Å². The lowest BCUT2D eigenvalue weighted by molar-refractivity contribution is 0.343. The van der Waals surface area contributed by atoms with Crippen LogP contribution in [0.5, 0.6) is 0 Å². The predicted molar refractivity (Wildman–Crippen MR) is 94.4 cm³/mol. The number of nitriles is 1. The van der Waals surface area contributed by atoms with E-state index in [1.54, 1.807) is 10.9 Å². The Labute approximate surface area is 140 Å². The Morgan fingerprint density at radius 2 is 2.08 bits per heavy atom. The first kappa shape index (κ1) is 15.8. The molecule has 24 heavy (non-hydrogen) atoms. The van der Waals surface area contributed by atoms with E-state index in [4.69, 9.17) is 4.74 Å². The Kier molecular flexibility index (Phi) is 4.87. The number of aromatic nitrogens is 2. The van der Waals surface area contributed by atoms with Crippen molar-refractivity contribution in [2.24, 2.45) is 4.99 Å². The summed E-state index contributed by atoms with van der Waals surface area (Å²) in [5.41, 5.74) is 1.70. The molecule has 120 valence electrons. The minimum atomic E-state index is 0.448. The zero-order chi connectivity index (χ0) is 16.8. The molecule has 0 amide bonds. The summed E-state index contributed by atoms with van der Waals surface area (Å²) in [6.07, 6.45) is 3.72. The van der Waals surface area contributed by atoms with Crippen LogP contribution in [0, 0.1) is 11.3 Å². The molecule has 0 N–H and O–H groups in total. The summed E-state index contributed by atoms with van der Waals surface area (Å²) in [4.78, 5) is 4.23. The SMILES string of the molecule is CCO/C=N/c1c(C#N)cnn1CCc1cccc2ccccc12. The van der Waals surface area contributed by atoms with Gasteiger partial charge in [0.2, 0.25) is 0 Å². The summed E-state index contributed by atoms with van der Waals surface area (Å²) < 4.78 is 6.89. The average molecular weight is 318 g/mol. The zero-order valence-electron chi connectivity index (χ0n) is 13.5. The molecule has 5 heteroatoms. The minimum absolute atomic E-state index is 0.448. The van der Waals surface area contributed by atoms with E-state index in [0.29, 0.717) is 24.5 Å². The van der Waals surface area contributed by atoms with E-state index >= 15 is 0 Å². The maximum atomic E-state index is 9.20. The largest absolute Gasteiger partial charge is 0.483 e. The molecule has 2 aromatic carbocycles. The maximum Gasteiger partial charge on any atom is 0.176 e. The maximum absolute atomic E-state index is 9.20. The van der Waals surface area contributed by atoms with Crippen LogP contribution in [0.25, 0.3) is 10.8 Å². The van der Waals surface area contributed by atoms with Crippen LogP contribution in [0.4, 0.5) is 5.82 Å². The third kappa shape index (κ3) is 3.28. The molecule has 0 saturated heterocycles. The van der Waals surface area contributed by atoms with Crippen LogP contribution in [-0.2, 0) is 17.7 Å². The van der Waals surface area contributed by atoms with Gasteiger partial charge < -0.3 is 4.74 Å². The minimum Gasteiger partial charge on any atom is -0.483 e. The lowest BCUT2D eigenvalue weighted by atomic mass is 10.0. The lowest BCUT2D eigenvalue weighted by Crippen LogP contribution is -2.03. The molecule has 3 aromatic rings. The normalized spacial score (nSPS) is 11.0. The monoisotopic (exact) mass is 318 g/mol. The van der Waals surface area contributed by atoms with Gasteiger partial charge in [-0.05, 0) is 29.7 Å². The summed E-state index contributed by atoms with van der Waals surface area (Å²) >= 11 is 0. The molecule has 0 aliphatic heterocycles. The molecule has 0 spiro atoms. The fourth-order valence-corrected chi connectivity index (χ4v) is 2.66. The van der Waals surface area contributed by atoms with Crippen molar-refractivity contribution in [3.8, 4) is 6.07 Å². The Balaban J connectivity index is 1.84. The van der Waals surface area contributed by atoms with Gasteiger partial charge in [0, 0.05) is 6.54 Å². The fraction of sp³-hybridized carbons (Fsp3) is 0.211. The Bertz CT molecular complexity index is 900. The molecule has 0 aliphatic rings. The highest BCUT2D eigenvalue weighted by atomic mass is 16.5. The molecule has 0 atom stereocenters. The Hall–Kier alpha value is -3.13. The molecular weight excluding hydrogens is 300 g/mol. The van der Waals surface area contributed by atoms with Crippen molar-refractivity contribution in [3.63, 3.8) is 0 Å². The van der Waals surface area contributed by atoms with Crippen molar-refractivity contribution in [3.05, 3.63) is 59.8 Å². The first-order valence-electron chi connectivity index (χ1n) is 7.90. The van der Waals surface area contributed by atoms with Gasteiger partial charge in [-0.25, -0.2) is 4.68 Å². The summed E-state index contributed by atoms with van der Waals surface area (Å²) in [7, 11) is 0. The predicted octanol–water partition coefficient (Wildman–Crippen LogP) is 3.85. The van der Waals surface area contributed by atoms with E-state index in [-0.39, 0.29) is 0 Å². The highest BCUT2D eigenvalue weighted by Gasteiger charge is 2.10. The van der Waals surface area contributed by atoms with Crippen LogP contribution >= 0.6 is 0 Å². The second kappa shape index (κ2) is 7.42. The second-order valence-electron chi connectivity index (χ2n) is 5.29. The molecule has 1 aromatic heterocycles. The van der Waals surface area contributed by atoms with Gasteiger partial charge in [-0.15, -0.1) is 0 Å². The third-order valence-electron chi connectivity index (χ3n) is 3.82. The first-order valence-corrected chi connectivity index (χ1v) is 7.90. The van der Waals surface area contributed by atoms with Crippen LogP contribution in [0.3, 0.4) is 0 Å². The first-order chi connectivity index (χ1) is 11.8. The van der Waals surface area contributed by atoms with Gasteiger partial charge in [0.25, 0.3) is 0 Å². The van der Waals surface area contributed by atoms with Crippen molar-refractivity contribution in [1.82, 2.24) is 9.78 Å². The van der Waals surface area contributed by atoms with Gasteiger partial charge in [0.1, 0.15) is 11.6 Å². The molecule has 5 nitrogen and oxygen atoms in total. The van der Waals surface area contributed by atoms with Crippen LogP contribution in [0.1, 0.15) is 18.1 Å². The molecule has 1 heterocycles. The van der Waals surface area contributed by atoms with Crippen LogP contribution in [0.2, 0.25) is 0 Å². The van der Waals surface area contributed by atoms with Crippen LogP contribution in [-0.4, -0.2) is 22.8 Å². The van der Waals surface area contributed by atoms with Crippen molar-refractivity contribution in [2.45, 2.75) is 19.9 Å². The van der Waals surface area contributed by atoms with Crippen LogP contribution in [0.15, 0.2) is 53.7 Å². The number of rotatable bonds is 6. The Morgan fingerprint density at radius 1 is 1.25 bits per heavy atom.